The van der Waals surface area contributed by atoms with Gasteiger partial charge in [-0.3, -0.25) is 14.4 Å². The lowest BCUT2D eigenvalue weighted by Crippen LogP contribution is -2.30. The van der Waals surface area contributed by atoms with Crippen molar-refractivity contribution in [1.29, 1.82) is 0 Å². The Bertz CT molecular complexity index is 212. The van der Waals surface area contributed by atoms with E-state index in [1.54, 1.807) is 0 Å². The molecular weight excluding hydrogens is 184 g/mol. The van der Waals surface area contributed by atoms with E-state index in [4.69, 9.17) is 4.84 Å². The van der Waals surface area contributed by atoms with Crippen LogP contribution in [0.3, 0.4) is 0 Å². The van der Waals surface area contributed by atoms with Crippen molar-refractivity contribution < 1.29 is 14.4 Å². The summed E-state index contributed by atoms with van der Waals surface area (Å²) in [5, 5.41) is 0.898. The summed E-state index contributed by atoms with van der Waals surface area (Å²) in [5.74, 6) is -0.445. The van der Waals surface area contributed by atoms with Crippen molar-refractivity contribution in [2.24, 2.45) is 0 Å². The van der Waals surface area contributed by atoms with Gasteiger partial charge in [-0.25, -0.2) is 0 Å². The first-order valence-electron chi connectivity index (χ1n) is 4.74. The van der Waals surface area contributed by atoms with Gasteiger partial charge in [0.2, 0.25) is 0 Å². The molecule has 0 aromatic heterocycles. The van der Waals surface area contributed by atoms with Gasteiger partial charge in [-0.1, -0.05) is 0 Å². The van der Waals surface area contributed by atoms with Crippen LogP contribution >= 0.6 is 0 Å². The van der Waals surface area contributed by atoms with Gasteiger partial charge in [0.15, 0.2) is 0 Å². The van der Waals surface area contributed by atoms with Crippen LogP contribution in [0.4, 0.5) is 0 Å². The molecule has 0 unspecified atom stereocenters. The molecule has 2 amide bonds. The normalized spacial score (nSPS) is 17.2. The van der Waals surface area contributed by atoms with E-state index in [-0.39, 0.29) is 24.7 Å². The fourth-order valence-corrected chi connectivity index (χ4v) is 1.24. The van der Waals surface area contributed by atoms with Crippen LogP contribution in [0.15, 0.2) is 0 Å². The van der Waals surface area contributed by atoms with Gasteiger partial charge < -0.3 is 4.90 Å². The molecule has 0 bridgehead atoms. The predicted molar refractivity (Wildman–Crippen MR) is 50.2 cm³/mol. The monoisotopic (exact) mass is 200 g/mol. The molecule has 0 radical (unpaired) electrons. The molecule has 5 nitrogen and oxygen atoms in total. The average molecular weight is 200 g/mol. The van der Waals surface area contributed by atoms with Gasteiger partial charge in [-0.05, 0) is 27.1 Å². The topological polar surface area (TPSA) is 49.9 Å². The molecule has 0 aromatic rings. The third-order valence-corrected chi connectivity index (χ3v) is 1.98. The second-order valence-electron chi connectivity index (χ2n) is 3.57. The number of rotatable bonds is 5. The third kappa shape index (κ3) is 3.08. The minimum absolute atomic E-state index is 0.222. The van der Waals surface area contributed by atoms with E-state index in [0.717, 1.165) is 18.0 Å². The zero-order valence-electron chi connectivity index (χ0n) is 8.65. The van der Waals surface area contributed by atoms with Gasteiger partial charge in [0.05, 0.1) is 6.61 Å². The first-order valence-corrected chi connectivity index (χ1v) is 4.74. The molecule has 0 spiro atoms. The van der Waals surface area contributed by atoms with Gasteiger partial charge in [-0.15, -0.1) is 0 Å². The standard InChI is InChI=1S/C9H16N2O3/c1-10(2)6-3-7-14-11-8(12)4-5-9(11)13/h3-7H2,1-2H3. The van der Waals surface area contributed by atoms with Crippen molar-refractivity contribution in [3.63, 3.8) is 0 Å². The SMILES string of the molecule is CN(C)CCCON1C(=O)CCC1=O. The van der Waals surface area contributed by atoms with Crippen molar-refractivity contribution in [3.05, 3.63) is 0 Å². The quantitative estimate of drug-likeness (QED) is 0.463. The van der Waals surface area contributed by atoms with E-state index in [2.05, 4.69) is 0 Å². The first kappa shape index (κ1) is 11.1. The predicted octanol–water partition coefficient (Wildman–Crippen LogP) is 0.0187. The number of carbonyl (C=O) groups is 2. The lowest BCUT2D eigenvalue weighted by molar-refractivity contribution is -0.187. The number of hydroxylamine groups is 2. The van der Waals surface area contributed by atoms with Crippen LogP contribution in [0, 0.1) is 0 Å². The highest BCUT2D eigenvalue weighted by molar-refractivity contribution is 6.00. The highest BCUT2D eigenvalue weighted by Crippen LogP contribution is 2.11. The van der Waals surface area contributed by atoms with Gasteiger partial charge >= 0.3 is 0 Å². The van der Waals surface area contributed by atoms with Gasteiger partial charge in [0, 0.05) is 12.8 Å². The molecule has 1 rings (SSSR count). The summed E-state index contributed by atoms with van der Waals surface area (Å²) < 4.78 is 0. The molecular formula is C9H16N2O3. The minimum atomic E-state index is -0.222. The lowest BCUT2D eigenvalue weighted by atomic mass is 10.4. The molecule has 1 fully saturated rings. The van der Waals surface area contributed by atoms with Crippen LogP contribution in [0.1, 0.15) is 19.3 Å². The fourth-order valence-electron chi connectivity index (χ4n) is 1.24. The van der Waals surface area contributed by atoms with Gasteiger partial charge in [0.1, 0.15) is 0 Å². The van der Waals surface area contributed by atoms with E-state index in [9.17, 15) is 9.59 Å². The zero-order chi connectivity index (χ0) is 10.6. The second kappa shape index (κ2) is 5.07. The van der Waals surface area contributed by atoms with E-state index < -0.39 is 0 Å². The number of amides is 2. The van der Waals surface area contributed by atoms with Crippen LogP contribution in [-0.2, 0) is 14.4 Å². The molecule has 0 atom stereocenters. The van der Waals surface area contributed by atoms with E-state index >= 15 is 0 Å². The van der Waals surface area contributed by atoms with E-state index in [1.165, 1.54) is 0 Å². The molecule has 14 heavy (non-hydrogen) atoms. The Balaban J connectivity index is 2.17. The Labute approximate surface area is 83.6 Å². The maximum absolute atomic E-state index is 11.1. The molecule has 1 heterocycles. The maximum Gasteiger partial charge on any atom is 0.253 e. The van der Waals surface area contributed by atoms with E-state index in [0.29, 0.717) is 6.61 Å². The Morgan fingerprint density at radius 1 is 1.29 bits per heavy atom. The minimum Gasteiger partial charge on any atom is -0.309 e. The molecule has 1 aliphatic rings. The summed E-state index contributed by atoms with van der Waals surface area (Å²) in [4.78, 5) is 29.3. The largest absolute Gasteiger partial charge is 0.309 e. The van der Waals surface area contributed by atoms with Crippen molar-refractivity contribution >= 4 is 11.8 Å². The second-order valence-corrected chi connectivity index (χ2v) is 3.57. The van der Waals surface area contributed by atoms with Crippen molar-refractivity contribution in [2.75, 3.05) is 27.2 Å². The summed E-state index contributed by atoms with van der Waals surface area (Å²) in [5.41, 5.74) is 0. The third-order valence-electron chi connectivity index (χ3n) is 1.98. The molecule has 0 N–H and O–H groups in total. The summed E-state index contributed by atoms with van der Waals surface area (Å²) >= 11 is 0. The Morgan fingerprint density at radius 3 is 2.36 bits per heavy atom. The smallest absolute Gasteiger partial charge is 0.253 e. The summed E-state index contributed by atoms with van der Waals surface area (Å²) in [7, 11) is 3.93. The molecule has 0 saturated carbocycles. The highest BCUT2D eigenvalue weighted by Gasteiger charge is 2.29. The van der Waals surface area contributed by atoms with E-state index in [1.807, 2.05) is 19.0 Å². The molecule has 5 heteroatoms. The number of hydrogen-bond acceptors (Lipinski definition) is 4. The number of nitrogens with zero attached hydrogens (tertiary/aromatic N) is 2. The maximum atomic E-state index is 11.1. The summed E-state index contributed by atoms with van der Waals surface area (Å²) in [6.07, 6.45) is 1.38. The van der Waals surface area contributed by atoms with Crippen LogP contribution in [0.25, 0.3) is 0 Å². The molecule has 0 aromatic carbocycles. The molecule has 80 valence electrons. The highest BCUT2D eigenvalue weighted by atomic mass is 16.7. The van der Waals surface area contributed by atoms with Crippen molar-refractivity contribution in [3.8, 4) is 0 Å². The van der Waals surface area contributed by atoms with Crippen LogP contribution in [0.2, 0.25) is 0 Å². The van der Waals surface area contributed by atoms with Crippen LogP contribution in [0.5, 0.6) is 0 Å². The summed E-state index contributed by atoms with van der Waals surface area (Å²) in [6.45, 7) is 1.30. The Morgan fingerprint density at radius 2 is 1.86 bits per heavy atom. The van der Waals surface area contributed by atoms with Gasteiger partial charge in [-0.2, -0.15) is 5.06 Å². The Kier molecular flexibility index (Phi) is 4.03. The first-order chi connectivity index (χ1) is 6.61. The Hall–Kier alpha value is -0.940. The number of carbonyl (C=O) groups excluding carboxylic acids is 2. The molecule has 1 saturated heterocycles. The van der Waals surface area contributed by atoms with Gasteiger partial charge in [0.25, 0.3) is 11.8 Å². The lowest BCUT2D eigenvalue weighted by Gasteiger charge is -2.14. The fraction of sp³-hybridized carbons (Fsp3) is 0.778. The molecule has 0 aliphatic carbocycles. The van der Waals surface area contributed by atoms with Crippen molar-refractivity contribution in [2.45, 2.75) is 19.3 Å². The van der Waals surface area contributed by atoms with Crippen molar-refractivity contribution in [1.82, 2.24) is 9.96 Å². The summed E-state index contributed by atoms with van der Waals surface area (Å²) in [6, 6.07) is 0. The number of hydrogen-bond donors (Lipinski definition) is 0. The molecule has 1 aliphatic heterocycles. The van der Waals surface area contributed by atoms with Crippen LogP contribution < -0.4 is 0 Å². The average Bonchev–Trinajstić information content (AvgIpc) is 2.42. The zero-order valence-corrected chi connectivity index (χ0v) is 8.65. The van der Waals surface area contributed by atoms with Crippen LogP contribution in [-0.4, -0.2) is 49.0 Å². The number of imide groups is 1.